The molecule has 6 nitrogen and oxygen atoms in total. The molecule has 3 atom stereocenters. The standard InChI is InChI=1S/C20H28F2O6/c1-10(23)27-14-12-5-11-6-13(14)9-19(7-11,8-12)17(26)28-15(18(2,3)4)20(21,22)16(24)25/h11-15H,5-9H2,1-4H3,(H,24,25). The van der Waals surface area contributed by atoms with Crippen molar-refractivity contribution in [2.45, 2.75) is 77.9 Å². The van der Waals surface area contributed by atoms with Crippen LogP contribution < -0.4 is 0 Å². The van der Waals surface area contributed by atoms with Crippen LogP contribution in [0.4, 0.5) is 8.78 Å². The minimum atomic E-state index is -4.18. The smallest absolute Gasteiger partial charge is 0.379 e. The maximum Gasteiger partial charge on any atom is 0.379 e. The summed E-state index contributed by atoms with van der Waals surface area (Å²) in [6.07, 6.45) is 0.783. The second-order valence-electron chi connectivity index (χ2n) is 9.90. The molecule has 0 aromatic carbocycles. The van der Waals surface area contributed by atoms with Gasteiger partial charge in [0.05, 0.1) is 5.41 Å². The zero-order valence-electron chi connectivity index (χ0n) is 16.7. The molecule has 0 spiro atoms. The molecule has 4 bridgehead atoms. The summed E-state index contributed by atoms with van der Waals surface area (Å²) in [5, 5.41) is 8.95. The molecule has 0 amide bonds. The number of hydrogen-bond acceptors (Lipinski definition) is 5. The van der Waals surface area contributed by atoms with Crippen molar-refractivity contribution in [2.75, 3.05) is 0 Å². The van der Waals surface area contributed by atoms with Crippen molar-refractivity contribution in [3.63, 3.8) is 0 Å². The monoisotopic (exact) mass is 402 g/mol. The van der Waals surface area contributed by atoms with Gasteiger partial charge in [-0.1, -0.05) is 20.8 Å². The van der Waals surface area contributed by atoms with E-state index in [4.69, 9.17) is 14.6 Å². The van der Waals surface area contributed by atoms with Crippen molar-refractivity contribution in [3.05, 3.63) is 0 Å². The number of alkyl halides is 2. The van der Waals surface area contributed by atoms with E-state index in [9.17, 15) is 23.2 Å². The van der Waals surface area contributed by atoms with Gasteiger partial charge in [-0.05, 0) is 49.9 Å². The Bertz CT molecular complexity index is 667. The minimum absolute atomic E-state index is 0.00997. The van der Waals surface area contributed by atoms with Gasteiger partial charge in [0, 0.05) is 12.3 Å². The Labute approximate surface area is 162 Å². The first kappa shape index (κ1) is 21.0. The Morgan fingerprint density at radius 3 is 2.04 bits per heavy atom. The first-order valence-corrected chi connectivity index (χ1v) is 9.76. The second-order valence-corrected chi connectivity index (χ2v) is 9.90. The molecule has 0 aromatic heterocycles. The number of halogens is 2. The van der Waals surface area contributed by atoms with Crippen molar-refractivity contribution >= 4 is 17.9 Å². The third kappa shape index (κ3) is 3.50. The van der Waals surface area contributed by atoms with Gasteiger partial charge in [0.2, 0.25) is 0 Å². The average Bonchev–Trinajstić information content (AvgIpc) is 2.53. The molecule has 4 aliphatic carbocycles. The quantitative estimate of drug-likeness (QED) is 0.709. The van der Waals surface area contributed by atoms with Crippen LogP contribution in [0.5, 0.6) is 0 Å². The predicted molar refractivity (Wildman–Crippen MR) is 93.5 cm³/mol. The van der Waals surface area contributed by atoms with Crippen LogP contribution in [-0.2, 0) is 23.9 Å². The van der Waals surface area contributed by atoms with Gasteiger partial charge >= 0.3 is 23.8 Å². The normalized spacial score (nSPS) is 35.4. The molecule has 3 unspecified atom stereocenters. The van der Waals surface area contributed by atoms with E-state index >= 15 is 0 Å². The van der Waals surface area contributed by atoms with Crippen molar-refractivity contribution in [3.8, 4) is 0 Å². The van der Waals surface area contributed by atoms with Crippen molar-refractivity contribution in [1.82, 2.24) is 0 Å². The van der Waals surface area contributed by atoms with Gasteiger partial charge in [-0.15, -0.1) is 0 Å². The van der Waals surface area contributed by atoms with Gasteiger partial charge in [0.25, 0.3) is 0 Å². The SMILES string of the molecule is CC(=O)OC1C2CC3CC1CC(C(=O)OC(C(C)(C)C)C(F)(F)C(=O)O)(C3)C2. The summed E-state index contributed by atoms with van der Waals surface area (Å²) in [6.45, 7) is 5.64. The summed E-state index contributed by atoms with van der Waals surface area (Å²) in [7, 11) is 0. The molecule has 158 valence electrons. The first-order valence-electron chi connectivity index (χ1n) is 9.76. The summed E-state index contributed by atoms with van der Waals surface area (Å²) in [6, 6.07) is 0. The van der Waals surface area contributed by atoms with Crippen LogP contribution in [0.25, 0.3) is 0 Å². The van der Waals surface area contributed by atoms with Gasteiger partial charge in [0.15, 0.2) is 6.10 Å². The summed E-state index contributed by atoms with van der Waals surface area (Å²) in [5.74, 6) is -7.30. The van der Waals surface area contributed by atoms with E-state index in [0.29, 0.717) is 19.3 Å². The molecule has 1 N–H and O–H groups in total. The van der Waals surface area contributed by atoms with Crippen LogP contribution in [0, 0.1) is 28.6 Å². The van der Waals surface area contributed by atoms with E-state index in [0.717, 1.165) is 12.8 Å². The molecule has 4 saturated carbocycles. The Morgan fingerprint density at radius 1 is 1.07 bits per heavy atom. The molecular formula is C20H28F2O6. The van der Waals surface area contributed by atoms with Gasteiger partial charge in [-0.25, -0.2) is 4.79 Å². The summed E-state index contributed by atoms with van der Waals surface area (Å²) >= 11 is 0. The fourth-order valence-electron chi connectivity index (χ4n) is 5.75. The summed E-state index contributed by atoms with van der Waals surface area (Å²) in [4.78, 5) is 35.6. The molecule has 0 aromatic rings. The van der Waals surface area contributed by atoms with E-state index in [1.165, 1.54) is 27.7 Å². The predicted octanol–water partition coefficient (Wildman–Crippen LogP) is 3.42. The van der Waals surface area contributed by atoms with E-state index in [1.54, 1.807) is 0 Å². The highest BCUT2D eigenvalue weighted by atomic mass is 19.3. The number of esters is 2. The summed E-state index contributed by atoms with van der Waals surface area (Å²) < 4.78 is 39.4. The van der Waals surface area contributed by atoms with E-state index in [2.05, 4.69) is 0 Å². The molecule has 0 aliphatic heterocycles. The Kier molecular flexibility index (Phi) is 4.99. The first-order chi connectivity index (χ1) is 12.8. The van der Waals surface area contributed by atoms with Crippen molar-refractivity contribution in [1.29, 1.82) is 0 Å². The highest BCUT2D eigenvalue weighted by Gasteiger charge is 2.62. The number of hydrogen-bond donors (Lipinski definition) is 1. The maximum absolute atomic E-state index is 14.3. The van der Waals surface area contributed by atoms with Gasteiger partial charge < -0.3 is 14.6 Å². The lowest BCUT2D eigenvalue weighted by Gasteiger charge is -2.58. The Balaban J connectivity index is 1.83. The zero-order chi connectivity index (χ0) is 21.1. The van der Waals surface area contributed by atoms with Gasteiger partial charge in [-0.3, -0.25) is 9.59 Å². The fourth-order valence-corrected chi connectivity index (χ4v) is 5.75. The van der Waals surface area contributed by atoms with Crippen LogP contribution >= 0.6 is 0 Å². The third-order valence-electron chi connectivity index (χ3n) is 6.55. The highest BCUT2D eigenvalue weighted by Crippen LogP contribution is 2.61. The number of carboxylic acid groups (broad SMARTS) is 1. The van der Waals surface area contributed by atoms with Crippen LogP contribution in [0.15, 0.2) is 0 Å². The lowest BCUT2D eigenvalue weighted by Crippen LogP contribution is -2.59. The fraction of sp³-hybridized carbons (Fsp3) is 0.850. The topological polar surface area (TPSA) is 89.9 Å². The number of carboxylic acids is 1. The maximum atomic E-state index is 14.3. The Hall–Kier alpha value is -1.73. The summed E-state index contributed by atoms with van der Waals surface area (Å²) in [5.41, 5.74) is -2.15. The number of carbonyl (C=O) groups is 3. The molecule has 4 rings (SSSR count). The van der Waals surface area contributed by atoms with Crippen molar-refractivity contribution in [2.24, 2.45) is 28.6 Å². The van der Waals surface area contributed by atoms with E-state index < -0.39 is 34.8 Å². The van der Waals surface area contributed by atoms with Crippen LogP contribution in [-0.4, -0.2) is 41.1 Å². The average molecular weight is 402 g/mol. The zero-order valence-corrected chi connectivity index (χ0v) is 16.7. The largest absolute Gasteiger partial charge is 0.477 e. The van der Waals surface area contributed by atoms with Gasteiger partial charge in [0.1, 0.15) is 6.10 Å². The number of aliphatic carboxylic acids is 1. The van der Waals surface area contributed by atoms with Crippen LogP contribution in [0.3, 0.4) is 0 Å². The number of carbonyl (C=O) groups excluding carboxylic acids is 2. The molecule has 28 heavy (non-hydrogen) atoms. The number of ether oxygens (including phenoxy) is 2. The van der Waals surface area contributed by atoms with E-state index in [1.807, 2.05) is 0 Å². The molecular weight excluding hydrogens is 374 g/mol. The lowest BCUT2D eigenvalue weighted by molar-refractivity contribution is -0.224. The molecule has 4 aliphatic rings. The molecule has 0 heterocycles. The highest BCUT2D eigenvalue weighted by molar-refractivity contribution is 5.80. The van der Waals surface area contributed by atoms with Gasteiger partial charge in [-0.2, -0.15) is 8.78 Å². The lowest BCUT2D eigenvalue weighted by atomic mass is 9.48. The molecule has 4 fully saturated rings. The van der Waals surface area contributed by atoms with Crippen LogP contribution in [0.1, 0.15) is 59.8 Å². The van der Waals surface area contributed by atoms with Crippen molar-refractivity contribution < 1.29 is 37.7 Å². The third-order valence-corrected chi connectivity index (χ3v) is 6.55. The minimum Gasteiger partial charge on any atom is -0.477 e. The molecule has 0 saturated heterocycles. The second kappa shape index (κ2) is 6.66. The van der Waals surface area contributed by atoms with E-state index in [-0.39, 0.29) is 29.8 Å². The molecule has 8 heteroatoms. The van der Waals surface area contributed by atoms with Crippen LogP contribution in [0.2, 0.25) is 0 Å². The molecule has 0 radical (unpaired) electrons. The number of rotatable bonds is 5. The Morgan fingerprint density at radius 2 is 1.61 bits per heavy atom.